The topological polar surface area (TPSA) is 92.4 Å². The van der Waals surface area contributed by atoms with Crippen molar-refractivity contribution in [3.8, 4) is 0 Å². The van der Waals surface area contributed by atoms with Crippen molar-refractivity contribution in [2.24, 2.45) is 17.6 Å². The maximum Gasteiger partial charge on any atom is 0.305 e. The molecule has 0 unspecified atom stereocenters. The number of carbonyl (C=O) groups excluding carboxylic acids is 1. The molecule has 0 aromatic carbocycles. The maximum absolute atomic E-state index is 12.4. The maximum atomic E-state index is 12.4. The van der Waals surface area contributed by atoms with Crippen LogP contribution in [0.3, 0.4) is 0 Å². The molecule has 2 saturated carbocycles. The number of nitrogens with one attached hydrogen (secondary N) is 1. The van der Waals surface area contributed by atoms with Crippen molar-refractivity contribution in [3.63, 3.8) is 0 Å². The minimum absolute atomic E-state index is 0.0454. The summed E-state index contributed by atoms with van der Waals surface area (Å²) in [7, 11) is 0. The van der Waals surface area contributed by atoms with Gasteiger partial charge in [-0.15, -0.1) is 0 Å². The molecule has 0 radical (unpaired) electrons. The lowest BCUT2D eigenvalue weighted by molar-refractivity contribution is -0.139. The Hall–Kier alpha value is -1.10. The first-order valence-corrected chi connectivity index (χ1v) is 7.78. The van der Waals surface area contributed by atoms with Crippen molar-refractivity contribution in [2.45, 2.75) is 63.3 Å². The van der Waals surface area contributed by atoms with E-state index in [9.17, 15) is 9.59 Å². The lowest BCUT2D eigenvalue weighted by Gasteiger charge is -2.33. The molecule has 0 aromatic rings. The molecule has 2 fully saturated rings. The van der Waals surface area contributed by atoms with Crippen LogP contribution >= 0.6 is 0 Å². The molecule has 1 amide bonds. The van der Waals surface area contributed by atoms with Crippen LogP contribution in [-0.4, -0.2) is 29.1 Å². The van der Waals surface area contributed by atoms with Crippen molar-refractivity contribution < 1.29 is 14.7 Å². The van der Waals surface area contributed by atoms with Gasteiger partial charge in [-0.3, -0.25) is 9.59 Å². The van der Waals surface area contributed by atoms with Gasteiger partial charge >= 0.3 is 5.97 Å². The Labute approximate surface area is 120 Å². The van der Waals surface area contributed by atoms with Gasteiger partial charge in [0.1, 0.15) is 0 Å². The van der Waals surface area contributed by atoms with Crippen LogP contribution in [0.1, 0.15) is 57.8 Å². The summed E-state index contributed by atoms with van der Waals surface area (Å²) >= 11 is 0. The zero-order valence-corrected chi connectivity index (χ0v) is 12.1. The quantitative estimate of drug-likeness (QED) is 0.715. The summed E-state index contributed by atoms with van der Waals surface area (Å²) in [4.78, 5) is 23.4. The number of nitrogens with two attached hydrogens (primary N) is 1. The van der Waals surface area contributed by atoms with Crippen LogP contribution in [0.4, 0.5) is 0 Å². The molecule has 2 aliphatic carbocycles. The Bertz CT molecular complexity index is 356. The highest BCUT2D eigenvalue weighted by Gasteiger charge is 2.39. The van der Waals surface area contributed by atoms with E-state index < -0.39 is 11.5 Å². The molecule has 114 valence electrons. The smallest absolute Gasteiger partial charge is 0.305 e. The van der Waals surface area contributed by atoms with Gasteiger partial charge in [0, 0.05) is 5.92 Å². The fraction of sp³-hybridized carbons (Fsp3) is 0.867. The zero-order valence-electron chi connectivity index (χ0n) is 12.1. The molecule has 2 rings (SSSR count). The van der Waals surface area contributed by atoms with Crippen molar-refractivity contribution in [1.29, 1.82) is 0 Å². The first-order valence-electron chi connectivity index (χ1n) is 7.78. The van der Waals surface area contributed by atoms with Gasteiger partial charge in [0.25, 0.3) is 0 Å². The van der Waals surface area contributed by atoms with Crippen LogP contribution < -0.4 is 11.1 Å². The third-order valence-electron chi connectivity index (χ3n) is 4.99. The number of carboxylic acids is 1. The Morgan fingerprint density at radius 3 is 2.25 bits per heavy atom. The van der Waals surface area contributed by atoms with Gasteiger partial charge in [-0.05, 0) is 51.0 Å². The second kappa shape index (κ2) is 6.57. The molecule has 0 aromatic heterocycles. The normalized spacial score (nSPS) is 29.1. The number of amides is 1. The van der Waals surface area contributed by atoms with Crippen molar-refractivity contribution in [1.82, 2.24) is 5.32 Å². The Morgan fingerprint density at radius 2 is 1.75 bits per heavy atom. The lowest BCUT2D eigenvalue weighted by Crippen LogP contribution is -2.50. The number of carboxylic acid groups (broad SMARTS) is 1. The average Bonchev–Trinajstić information content (AvgIpc) is 2.86. The van der Waals surface area contributed by atoms with Crippen LogP contribution in [0.2, 0.25) is 0 Å². The van der Waals surface area contributed by atoms with Gasteiger partial charge in [-0.25, -0.2) is 0 Å². The van der Waals surface area contributed by atoms with Gasteiger partial charge in [-0.1, -0.05) is 12.8 Å². The molecule has 0 saturated heterocycles. The molecule has 0 spiro atoms. The third kappa shape index (κ3) is 3.72. The molecule has 0 atom stereocenters. The van der Waals surface area contributed by atoms with E-state index in [1.807, 2.05) is 0 Å². The van der Waals surface area contributed by atoms with E-state index >= 15 is 0 Å². The molecule has 20 heavy (non-hydrogen) atoms. The monoisotopic (exact) mass is 282 g/mol. The zero-order chi connectivity index (χ0) is 14.6. The summed E-state index contributed by atoms with van der Waals surface area (Å²) in [6, 6.07) is 0. The summed E-state index contributed by atoms with van der Waals surface area (Å²) in [6.07, 6.45) is 7.46. The predicted octanol–water partition coefficient (Wildman–Crippen LogP) is 1.66. The highest BCUT2D eigenvalue weighted by molar-refractivity contribution is 5.80. The Balaban J connectivity index is 1.90. The van der Waals surface area contributed by atoms with E-state index in [-0.39, 0.29) is 18.2 Å². The number of hydrogen-bond acceptors (Lipinski definition) is 3. The average molecular weight is 282 g/mol. The highest BCUT2D eigenvalue weighted by Crippen LogP contribution is 2.34. The molecule has 5 nitrogen and oxygen atoms in total. The third-order valence-corrected chi connectivity index (χ3v) is 4.99. The van der Waals surface area contributed by atoms with Crippen molar-refractivity contribution in [3.05, 3.63) is 0 Å². The highest BCUT2D eigenvalue weighted by atomic mass is 16.4. The number of hydrogen-bond donors (Lipinski definition) is 3. The lowest BCUT2D eigenvalue weighted by atomic mass is 9.81. The molecular formula is C15H26N2O3. The first-order chi connectivity index (χ1) is 9.54. The number of rotatable bonds is 5. The van der Waals surface area contributed by atoms with Gasteiger partial charge in [0.2, 0.25) is 5.91 Å². The van der Waals surface area contributed by atoms with Gasteiger partial charge in [-0.2, -0.15) is 0 Å². The summed E-state index contributed by atoms with van der Waals surface area (Å²) in [6.45, 7) is 0.706. The van der Waals surface area contributed by atoms with Crippen LogP contribution in [-0.2, 0) is 9.59 Å². The minimum Gasteiger partial charge on any atom is -0.481 e. The second-order valence-electron chi connectivity index (χ2n) is 6.50. The van der Waals surface area contributed by atoms with E-state index in [2.05, 4.69) is 5.32 Å². The summed E-state index contributed by atoms with van der Waals surface area (Å²) in [5.41, 5.74) is 5.17. The molecule has 2 aliphatic rings. The fourth-order valence-electron chi connectivity index (χ4n) is 3.71. The standard InChI is InChI=1S/C15H26N2O3/c16-10-11-3-5-12(6-4-11)14(20)17-15(9-13(18)19)7-1-2-8-15/h11-12H,1-10,16H2,(H,17,20)(H,18,19). The number of carbonyl (C=O) groups is 2. The minimum atomic E-state index is -0.820. The van der Waals surface area contributed by atoms with Gasteiger partial charge in [0.05, 0.1) is 12.0 Å². The van der Waals surface area contributed by atoms with Gasteiger partial charge in [0.15, 0.2) is 0 Å². The summed E-state index contributed by atoms with van der Waals surface area (Å²) in [5, 5.41) is 12.1. The second-order valence-corrected chi connectivity index (χ2v) is 6.50. The van der Waals surface area contributed by atoms with Gasteiger partial charge < -0.3 is 16.2 Å². The van der Waals surface area contributed by atoms with E-state index in [1.165, 1.54) is 0 Å². The molecule has 5 heteroatoms. The summed E-state index contributed by atoms with van der Waals surface area (Å²) in [5.74, 6) is -0.162. The molecule has 4 N–H and O–H groups in total. The van der Waals surface area contributed by atoms with E-state index in [1.54, 1.807) is 0 Å². The molecule has 0 bridgehead atoms. The Kier molecular flexibility index (Phi) is 5.02. The first kappa shape index (κ1) is 15.3. The molecule has 0 heterocycles. The number of aliphatic carboxylic acids is 1. The van der Waals surface area contributed by atoms with Crippen LogP contribution in [0.25, 0.3) is 0 Å². The molecule has 0 aliphatic heterocycles. The summed E-state index contributed by atoms with van der Waals surface area (Å²) < 4.78 is 0. The fourth-order valence-corrected chi connectivity index (χ4v) is 3.71. The van der Waals surface area contributed by atoms with E-state index in [4.69, 9.17) is 10.8 Å². The molecular weight excluding hydrogens is 256 g/mol. The van der Waals surface area contributed by atoms with Crippen molar-refractivity contribution in [2.75, 3.05) is 6.54 Å². The predicted molar refractivity (Wildman–Crippen MR) is 76.1 cm³/mol. The Morgan fingerprint density at radius 1 is 1.15 bits per heavy atom. The largest absolute Gasteiger partial charge is 0.481 e. The van der Waals surface area contributed by atoms with E-state index in [0.29, 0.717) is 12.5 Å². The van der Waals surface area contributed by atoms with Crippen molar-refractivity contribution >= 4 is 11.9 Å². The SMILES string of the molecule is NCC1CCC(C(=O)NC2(CC(=O)O)CCCC2)CC1. The van der Waals surface area contributed by atoms with E-state index in [0.717, 1.165) is 51.4 Å². The van der Waals surface area contributed by atoms with Crippen LogP contribution in [0, 0.1) is 11.8 Å². The van der Waals surface area contributed by atoms with Crippen LogP contribution in [0.15, 0.2) is 0 Å². The van der Waals surface area contributed by atoms with Crippen LogP contribution in [0.5, 0.6) is 0 Å².